The molecule has 0 bridgehead atoms. The molecule has 3 aliphatic rings. The van der Waals surface area contributed by atoms with Crippen LogP contribution in [0.25, 0.3) is 10.2 Å². The molecule has 5 rings (SSSR count). The number of fused-ring (bicyclic) bond motifs is 2. The zero-order valence-electron chi connectivity index (χ0n) is 30.0. The summed E-state index contributed by atoms with van der Waals surface area (Å²) in [6, 6.07) is 5.84. The highest BCUT2D eigenvalue weighted by Gasteiger charge is 2.53. The number of Topliss-reactive ketones (excluding diaryl/α,β-unsaturated/α-hetero) is 1. The van der Waals surface area contributed by atoms with Gasteiger partial charge >= 0.3 is 12.1 Å². The first-order valence-electron chi connectivity index (χ1n) is 17.7. The average molecular weight is 724 g/mol. The van der Waals surface area contributed by atoms with Crippen LogP contribution in [0, 0.1) is 24.2 Å². The number of alkyl carbamates (subject to hydrolysis) is 1. The summed E-state index contributed by atoms with van der Waals surface area (Å²) in [4.78, 5) is 70.3. The van der Waals surface area contributed by atoms with Crippen LogP contribution in [0.1, 0.15) is 89.3 Å². The topological polar surface area (TPSA) is 165 Å². The Hall–Kier alpha value is -3.94. The zero-order valence-corrected chi connectivity index (χ0v) is 30.8. The van der Waals surface area contributed by atoms with Crippen molar-refractivity contribution in [1.82, 2.24) is 15.2 Å². The number of hydrogen-bond donors (Lipinski definition) is 2. The highest BCUT2D eigenvalue weighted by Crippen LogP contribution is 2.47. The maximum absolute atomic E-state index is 14.3. The molecule has 2 saturated heterocycles. The van der Waals surface area contributed by atoms with E-state index in [0.29, 0.717) is 25.7 Å². The van der Waals surface area contributed by atoms with E-state index < -0.39 is 65.5 Å². The number of carbonyl (C=O) groups excluding carboxylic acids is 5. The second kappa shape index (κ2) is 15.7. The fourth-order valence-corrected chi connectivity index (χ4v) is 7.93. The van der Waals surface area contributed by atoms with Crippen LogP contribution in [0.3, 0.4) is 0 Å². The standard InChI is InChI=1S/C38H49N3O9S/c1-7-10-25-34(49-36(47)39-17-9-18-41-31(43)14-15-32(41)44)22(2)11-8-16-38(6)30(50-38)20-27(24-12-13-28-26(19-24)40-23(3)51-28)48-33(45)21-29(42)37(4,5)35(25)46/h7,12-15,19,22,25,27,29-30,34,42H,1,8-11,16-18,20-21H2,2-6H3,(H,39,47)/t22-,25+,27-,29-,30-,34-,38+/m0/s1. The molecule has 0 aliphatic carbocycles. The van der Waals surface area contributed by atoms with E-state index in [1.807, 2.05) is 39.0 Å². The SMILES string of the molecule is C=CC[C@H]1C(=O)C(C)(C)[C@@H](O)CC(=O)O[C@H](c2ccc3sc(C)nc3c2)C[C@@H]2O[C@]2(C)CCC[C@H](C)[C@@H]1OC(=O)NCCCN1C(=O)C=CC1=O. The fourth-order valence-electron chi connectivity index (χ4n) is 7.13. The molecule has 13 heteroatoms. The van der Waals surface area contributed by atoms with E-state index in [-0.39, 0.29) is 37.3 Å². The lowest BCUT2D eigenvalue weighted by Gasteiger charge is -2.37. The summed E-state index contributed by atoms with van der Waals surface area (Å²) < 4.78 is 19.3. The van der Waals surface area contributed by atoms with Crippen LogP contribution in [0.2, 0.25) is 0 Å². The molecule has 0 saturated carbocycles. The molecule has 2 aromatic rings. The van der Waals surface area contributed by atoms with Crippen LogP contribution < -0.4 is 5.32 Å². The monoisotopic (exact) mass is 723 g/mol. The molecule has 0 radical (unpaired) electrons. The van der Waals surface area contributed by atoms with Crippen LogP contribution >= 0.6 is 11.3 Å². The molecule has 0 spiro atoms. The van der Waals surface area contributed by atoms with Crippen LogP contribution in [0.15, 0.2) is 43.0 Å². The van der Waals surface area contributed by atoms with Crippen molar-refractivity contribution in [3.63, 3.8) is 0 Å². The number of ketones is 1. The maximum atomic E-state index is 14.3. The van der Waals surface area contributed by atoms with Crippen molar-refractivity contribution in [3.05, 3.63) is 53.6 Å². The summed E-state index contributed by atoms with van der Waals surface area (Å²) in [6.45, 7) is 13.2. The number of aromatic nitrogens is 1. The minimum atomic E-state index is -1.41. The van der Waals surface area contributed by atoms with Gasteiger partial charge in [0.2, 0.25) is 0 Å². The summed E-state index contributed by atoms with van der Waals surface area (Å²) in [5.41, 5.74) is -0.237. The molecule has 3 aliphatic heterocycles. The van der Waals surface area contributed by atoms with Crippen molar-refractivity contribution in [3.8, 4) is 0 Å². The van der Waals surface area contributed by atoms with Gasteiger partial charge in [0.05, 0.1) is 50.8 Å². The number of hydrogen-bond acceptors (Lipinski definition) is 11. The summed E-state index contributed by atoms with van der Waals surface area (Å²) in [5.74, 6) is -2.92. The maximum Gasteiger partial charge on any atom is 0.407 e. The summed E-state index contributed by atoms with van der Waals surface area (Å²) in [5, 5.41) is 15.0. The van der Waals surface area contributed by atoms with E-state index >= 15 is 0 Å². The number of aliphatic hydroxyl groups is 1. The molecular formula is C38H49N3O9S. The Morgan fingerprint density at radius 2 is 1.92 bits per heavy atom. The van der Waals surface area contributed by atoms with Gasteiger partial charge in [-0.2, -0.15) is 0 Å². The molecule has 4 heterocycles. The van der Waals surface area contributed by atoms with Crippen molar-refractivity contribution >= 4 is 51.2 Å². The van der Waals surface area contributed by atoms with Gasteiger partial charge in [-0.05, 0) is 63.1 Å². The first kappa shape index (κ1) is 38.3. The number of thiazole rings is 1. The summed E-state index contributed by atoms with van der Waals surface area (Å²) in [7, 11) is 0. The number of ether oxygens (including phenoxy) is 3. The van der Waals surface area contributed by atoms with Crippen molar-refractivity contribution < 1.29 is 43.3 Å². The quantitative estimate of drug-likeness (QED) is 0.117. The molecule has 1 aromatic carbocycles. The van der Waals surface area contributed by atoms with Gasteiger partial charge in [-0.1, -0.05) is 39.3 Å². The Kier molecular flexibility index (Phi) is 11.8. The molecule has 0 unspecified atom stereocenters. The molecule has 2 N–H and O–H groups in total. The number of amides is 3. The number of nitrogens with zero attached hydrogens (tertiary/aromatic N) is 2. The first-order chi connectivity index (χ1) is 24.1. The Morgan fingerprint density at radius 3 is 2.63 bits per heavy atom. The van der Waals surface area contributed by atoms with Crippen LogP contribution in [0.4, 0.5) is 4.79 Å². The van der Waals surface area contributed by atoms with E-state index in [1.54, 1.807) is 31.3 Å². The molecule has 1 aromatic heterocycles. The summed E-state index contributed by atoms with van der Waals surface area (Å²) >= 11 is 1.59. The fraction of sp³-hybridized carbons (Fsp3) is 0.579. The number of rotatable bonds is 8. The van der Waals surface area contributed by atoms with Gasteiger partial charge in [0, 0.05) is 31.7 Å². The van der Waals surface area contributed by atoms with Crippen molar-refractivity contribution in [2.45, 2.75) is 110 Å². The lowest BCUT2D eigenvalue weighted by Crippen LogP contribution is -2.48. The molecule has 2 fully saturated rings. The van der Waals surface area contributed by atoms with Crippen LogP contribution in [-0.4, -0.2) is 81.7 Å². The van der Waals surface area contributed by atoms with Gasteiger partial charge in [0.1, 0.15) is 18.0 Å². The van der Waals surface area contributed by atoms with Crippen LogP contribution in [-0.2, 0) is 33.4 Å². The minimum absolute atomic E-state index is 0.138. The molecule has 276 valence electrons. The number of benzene rings is 1. The number of imide groups is 1. The number of aliphatic hydroxyl groups excluding tert-OH is 1. The largest absolute Gasteiger partial charge is 0.457 e. The predicted molar refractivity (Wildman–Crippen MR) is 191 cm³/mol. The van der Waals surface area contributed by atoms with Gasteiger partial charge < -0.3 is 24.6 Å². The molecule has 51 heavy (non-hydrogen) atoms. The third kappa shape index (κ3) is 8.93. The Balaban J connectivity index is 1.33. The lowest BCUT2D eigenvalue weighted by atomic mass is 9.71. The number of aryl methyl sites for hydroxylation is 1. The molecular weight excluding hydrogens is 674 g/mol. The van der Waals surface area contributed by atoms with E-state index in [4.69, 9.17) is 14.2 Å². The number of allylic oxidation sites excluding steroid dienone is 1. The van der Waals surface area contributed by atoms with Crippen LogP contribution in [0.5, 0.6) is 0 Å². The number of cyclic esters (lactones) is 1. The number of esters is 1. The highest BCUT2D eigenvalue weighted by atomic mass is 32.1. The third-order valence-corrected chi connectivity index (χ3v) is 11.4. The Bertz CT molecular complexity index is 1680. The van der Waals surface area contributed by atoms with Gasteiger partial charge in [-0.25, -0.2) is 9.78 Å². The average Bonchev–Trinajstić information content (AvgIpc) is 3.35. The molecule has 7 atom stereocenters. The zero-order chi connectivity index (χ0) is 37.1. The van der Waals surface area contributed by atoms with Crippen molar-refractivity contribution in [2.75, 3.05) is 13.1 Å². The van der Waals surface area contributed by atoms with Crippen molar-refractivity contribution in [1.29, 1.82) is 0 Å². The predicted octanol–water partition coefficient (Wildman–Crippen LogP) is 5.51. The third-order valence-electron chi connectivity index (χ3n) is 10.5. The highest BCUT2D eigenvalue weighted by molar-refractivity contribution is 7.18. The Labute approximate surface area is 302 Å². The second-order valence-corrected chi connectivity index (χ2v) is 15.9. The van der Waals surface area contributed by atoms with E-state index in [0.717, 1.165) is 32.1 Å². The Morgan fingerprint density at radius 1 is 1.20 bits per heavy atom. The number of nitrogens with one attached hydrogen (secondary N) is 1. The second-order valence-electron chi connectivity index (χ2n) is 14.7. The van der Waals surface area contributed by atoms with E-state index in [9.17, 15) is 29.1 Å². The first-order valence-corrected chi connectivity index (χ1v) is 18.5. The molecule has 3 amide bonds. The van der Waals surface area contributed by atoms with Gasteiger partial charge in [0.25, 0.3) is 11.8 Å². The normalized spacial score (nSPS) is 30.2. The number of epoxide rings is 1. The van der Waals surface area contributed by atoms with Crippen molar-refractivity contribution in [2.24, 2.45) is 17.3 Å². The lowest BCUT2D eigenvalue weighted by molar-refractivity contribution is -0.156. The number of carbonyl (C=O) groups is 5. The molecule has 12 nitrogen and oxygen atoms in total. The van der Waals surface area contributed by atoms with E-state index in [2.05, 4.69) is 16.9 Å². The van der Waals surface area contributed by atoms with Gasteiger partial charge in [0.15, 0.2) is 0 Å². The van der Waals surface area contributed by atoms with Gasteiger partial charge in [-0.3, -0.25) is 24.1 Å². The summed E-state index contributed by atoms with van der Waals surface area (Å²) in [6.07, 6.45) is 2.76. The van der Waals surface area contributed by atoms with Gasteiger partial charge in [-0.15, -0.1) is 17.9 Å². The minimum Gasteiger partial charge on any atom is -0.457 e. The van der Waals surface area contributed by atoms with E-state index in [1.165, 1.54) is 12.2 Å². The smallest absolute Gasteiger partial charge is 0.407 e.